The molecule has 0 fully saturated rings. The fourth-order valence-corrected chi connectivity index (χ4v) is 3.96. The van der Waals surface area contributed by atoms with Crippen molar-refractivity contribution in [1.29, 1.82) is 0 Å². The number of rotatable bonds is 7. The highest BCUT2D eigenvalue weighted by atomic mass is 32.2. The largest absolute Gasteiger partial charge is 0.318 e. The van der Waals surface area contributed by atoms with Gasteiger partial charge in [0.05, 0.1) is 17.9 Å². The summed E-state index contributed by atoms with van der Waals surface area (Å²) in [6.45, 7) is 9.48. The van der Waals surface area contributed by atoms with Gasteiger partial charge in [-0.05, 0) is 26.8 Å². The van der Waals surface area contributed by atoms with Crippen molar-refractivity contribution < 1.29 is 8.42 Å². The van der Waals surface area contributed by atoms with E-state index in [1.165, 1.54) is 4.31 Å². The van der Waals surface area contributed by atoms with E-state index in [1.807, 2.05) is 27.8 Å². The molecule has 0 bridgehead atoms. The van der Waals surface area contributed by atoms with E-state index in [1.54, 1.807) is 18.7 Å². The van der Waals surface area contributed by atoms with Gasteiger partial charge in [-0.3, -0.25) is 4.68 Å². The minimum absolute atomic E-state index is 0.287. The van der Waals surface area contributed by atoms with Crippen LogP contribution in [0.5, 0.6) is 0 Å². The highest BCUT2D eigenvalue weighted by Gasteiger charge is 2.28. The Morgan fingerprint density at radius 1 is 1.35 bits per heavy atom. The zero-order valence-corrected chi connectivity index (χ0v) is 14.1. The van der Waals surface area contributed by atoms with E-state index >= 15 is 0 Å². The normalized spacial score (nSPS) is 12.6. The first-order valence-corrected chi connectivity index (χ1v) is 8.30. The fraction of sp³-hybridized carbons (Fsp3) is 0.769. The number of hydrogen-bond acceptors (Lipinski definition) is 4. The van der Waals surface area contributed by atoms with Crippen LogP contribution in [-0.4, -0.2) is 49.7 Å². The molecule has 116 valence electrons. The van der Waals surface area contributed by atoms with Gasteiger partial charge in [-0.2, -0.15) is 5.10 Å². The molecule has 0 radical (unpaired) electrons. The van der Waals surface area contributed by atoms with Crippen LogP contribution in [0.2, 0.25) is 0 Å². The van der Waals surface area contributed by atoms with Crippen LogP contribution in [0.15, 0.2) is 4.90 Å². The Bertz CT molecular complexity index is 549. The molecule has 0 aliphatic rings. The molecule has 0 aliphatic carbocycles. The van der Waals surface area contributed by atoms with Crippen molar-refractivity contribution in [2.24, 2.45) is 5.92 Å². The third-order valence-electron chi connectivity index (χ3n) is 3.18. The van der Waals surface area contributed by atoms with Crippen LogP contribution in [-0.2, 0) is 16.6 Å². The van der Waals surface area contributed by atoms with E-state index in [9.17, 15) is 8.42 Å². The number of nitrogens with one attached hydrogen (secondary N) is 1. The number of aryl methyl sites for hydroxylation is 1. The minimum atomic E-state index is -3.47. The van der Waals surface area contributed by atoms with Gasteiger partial charge in [-0.1, -0.05) is 13.8 Å². The molecule has 0 aliphatic heterocycles. The lowest BCUT2D eigenvalue weighted by molar-refractivity contribution is 0.416. The standard InChI is InChI=1S/C13H26N4O2S/c1-10(2)9-16(6)20(18,19)13-11(3)15-17(12(13)4)8-7-14-5/h10,14H,7-9H2,1-6H3. The molecule has 0 saturated carbocycles. The van der Waals surface area contributed by atoms with Gasteiger partial charge in [0, 0.05) is 20.1 Å². The maximum atomic E-state index is 12.7. The zero-order valence-electron chi connectivity index (χ0n) is 13.3. The molecule has 1 rings (SSSR count). The highest BCUT2D eigenvalue weighted by Crippen LogP contribution is 2.23. The van der Waals surface area contributed by atoms with Gasteiger partial charge in [0.15, 0.2) is 0 Å². The predicted molar refractivity (Wildman–Crippen MR) is 80.3 cm³/mol. The van der Waals surface area contributed by atoms with Crippen LogP contribution >= 0.6 is 0 Å². The lowest BCUT2D eigenvalue weighted by Gasteiger charge is -2.19. The van der Waals surface area contributed by atoms with Gasteiger partial charge < -0.3 is 5.32 Å². The monoisotopic (exact) mass is 302 g/mol. The Labute approximate surface area is 122 Å². The Morgan fingerprint density at radius 3 is 2.45 bits per heavy atom. The van der Waals surface area contributed by atoms with Gasteiger partial charge >= 0.3 is 0 Å². The molecule has 6 nitrogen and oxygen atoms in total. The van der Waals surface area contributed by atoms with E-state index in [0.717, 1.165) is 6.54 Å². The van der Waals surface area contributed by atoms with Crippen molar-refractivity contribution in [3.05, 3.63) is 11.4 Å². The molecule has 20 heavy (non-hydrogen) atoms. The van der Waals surface area contributed by atoms with Gasteiger partial charge in [0.2, 0.25) is 10.0 Å². The van der Waals surface area contributed by atoms with Crippen molar-refractivity contribution in [1.82, 2.24) is 19.4 Å². The summed E-state index contributed by atoms with van der Waals surface area (Å²) >= 11 is 0. The molecular weight excluding hydrogens is 276 g/mol. The summed E-state index contributed by atoms with van der Waals surface area (Å²) < 4.78 is 28.5. The Hall–Kier alpha value is -0.920. The van der Waals surface area contributed by atoms with Crippen molar-refractivity contribution in [2.75, 3.05) is 27.2 Å². The molecule has 0 spiro atoms. The smallest absolute Gasteiger partial charge is 0.246 e. The third-order valence-corrected chi connectivity index (χ3v) is 5.26. The first-order valence-electron chi connectivity index (χ1n) is 6.86. The van der Waals surface area contributed by atoms with Gasteiger partial charge in [-0.15, -0.1) is 0 Å². The fourth-order valence-electron chi connectivity index (χ4n) is 2.26. The summed E-state index contributed by atoms with van der Waals surface area (Å²) in [4.78, 5) is 0.344. The molecule has 7 heteroatoms. The predicted octanol–water partition coefficient (Wildman–Crippen LogP) is 0.996. The molecule has 0 aromatic carbocycles. The zero-order chi connectivity index (χ0) is 15.5. The van der Waals surface area contributed by atoms with Crippen molar-refractivity contribution >= 4 is 10.0 Å². The van der Waals surface area contributed by atoms with Crippen LogP contribution in [0, 0.1) is 19.8 Å². The first kappa shape index (κ1) is 17.1. The highest BCUT2D eigenvalue weighted by molar-refractivity contribution is 7.89. The van der Waals surface area contributed by atoms with Crippen LogP contribution in [0.4, 0.5) is 0 Å². The van der Waals surface area contributed by atoms with Crippen LogP contribution in [0.3, 0.4) is 0 Å². The second kappa shape index (κ2) is 6.69. The molecule has 1 aromatic rings. The molecule has 0 saturated heterocycles. The molecule has 0 unspecified atom stereocenters. The Kier molecular flexibility index (Phi) is 5.73. The lowest BCUT2D eigenvalue weighted by atomic mass is 10.2. The lowest BCUT2D eigenvalue weighted by Crippen LogP contribution is -2.31. The Balaban J connectivity index is 3.15. The second-order valence-corrected chi connectivity index (χ2v) is 7.49. The van der Waals surface area contributed by atoms with E-state index in [4.69, 9.17) is 0 Å². The van der Waals surface area contributed by atoms with Gasteiger partial charge in [0.1, 0.15) is 4.90 Å². The first-order chi connectivity index (χ1) is 9.21. The van der Waals surface area contributed by atoms with Crippen molar-refractivity contribution in [3.8, 4) is 0 Å². The summed E-state index contributed by atoms with van der Waals surface area (Å²) in [6, 6.07) is 0. The van der Waals surface area contributed by atoms with E-state index in [-0.39, 0.29) is 5.92 Å². The number of nitrogens with zero attached hydrogens (tertiary/aromatic N) is 3. The van der Waals surface area contributed by atoms with Gasteiger partial charge in [0.25, 0.3) is 0 Å². The quantitative estimate of drug-likeness (QED) is 0.816. The summed E-state index contributed by atoms with van der Waals surface area (Å²) in [5.74, 6) is 0.287. The second-order valence-electron chi connectivity index (χ2n) is 5.51. The number of sulfonamides is 1. The van der Waals surface area contributed by atoms with Gasteiger partial charge in [-0.25, -0.2) is 12.7 Å². The summed E-state index contributed by atoms with van der Waals surface area (Å²) in [5, 5.41) is 7.39. The van der Waals surface area contributed by atoms with Crippen LogP contribution in [0.1, 0.15) is 25.2 Å². The molecule has 1 N–H and O–H groups in total. The summed E-state index contributed by atoms with van der Waals surface area (Å²) in [7, 11) is 0.0150. The SMILES string of the molecule is CNCCn1nc(C)c(S(=O)(=O)N(C)CC(C)C)c1C. The molecule has 1 heterocycles. The average molecular weight is 302 g/mol. The molecule has 1 aromatic heterocycles. The maximum Gasteiger partial charge on any atom is 0.246 e. The van der Waals surface area contributed by atoms with E-state index in [2.05, 4.69) is 10.4 Å². The van der Waals surface area contributed by atoms with Crippen molar-refractivity contribution in [2.45, 2.75) is 39.1 Å². The molecule has 0 atom stereocenters. The van der Waals surface area contributed by atoms with Crippen LogP contribution in [0.25, 0.3) is 0 Å². The van der Waals surface area contributed by atoms with Crippen LogP contribution < -0.4 is 5.32 Å². The third kappa shape index (κ3) is 3.59. The topological polar surface area (TPSA) is 67.2 Å². The minimum Gasteiger partial charge on any atom is -0.318 e. The number of hydrogen-bond donors (Lipinski definition) is 1. The summed E-state index contributed by atoms with van der Waals surface area (Å²) in [5.41, 5.74) is 1.27. The molecular formula is C13H26N4O2S. The average Bonchev–Trinajstić information content (AvgIpc) is 2.61. The number of aromatic nitrogens is 2. The van der Waals surface area contributed by atoms with Crippen molar-refractivity contribution in [3.63, 3.8) is 0 Å². The molecule has 0 amide bonds. The maximum absolute atomic E-state index is 12.7. The number of likely N-dealkylation sites (N-methyl/N-ethyl adjacent to an activating group) is 1. The van der Waals surface area contributed by atoms with E-state index in [0.29, 0.717) is 29.4 Å². The van der Waals surface area contributed by atoms with E-state index < -0.39 is 10.0 Å². The Morgan fingerprint density at radius 2 is 1.95 bits per heavy atom. The summed E-state index contributed by atoms with van der Waals surface area (Å²) in [6.07, 6.45) is 0.